The van der Waals surface area contributed by atoms with Crippen LogP contribution < -0.4 is 5.73 Å². The molecule has 1 aliphatic rings. The lowest BCUT2D eigenvalue weighted by Gasteiger charge is -2.30. The molecule has 1 unspecified atom stereocenters. The molecule has 1 amide bonds. The molecule has 0 radical (unpaired) electrons. The second kappa shape index (κ2) is 6.08. The van der Waals surface area contributed by atoms with Crippen LogP contribution in [0.3, 0.4) is 0 Å². The summed E-state index contributed by atoms with van der Waals surface area (Å²) in [6.07, 6.45) is 2.59. The smallest absolute Gasteiger partial charge is 0.225 e. The van der Waals surface area contributed by atoms with E-state index in [1.54, 1.807) is 0 Å². The Morgan fingerprint density at radius 2 is 2.13 bits per heavy atom. The predicted molar refractivity (Wildman–Crippen MR) is 59.4 cm³/mol. The Morgan fingerprint density at radius 3 is 2.67 bits per heavy atom. The van der Waals surface area contributed by atoms with Gasteiger partial charge in [-0.05, 0) is 32.7 Å². The quantitative estimate of drug-likeness (QED) is 0.746. The minimum atomic E-state index is 0.156. The third-order valence-corrected chi connectivity index (χ3v) is 3.16. The summed E-state index contributed by atoms with van der Waals surface area (Å²) >= 11 is 0. The number of ether oxygens (including phenoxy) is 1. The minimum Gasteiger partial charge on any atom is -0.381 e. The van der Waals surface area contributed by atoms with Crippen LogP contribution >= 0.6 is 0 Å². The van der Waals surface area contributed by atoms with Gasteiger partial charge >= 0.3 is 0 Å². The van der Waals surface area contributed by atoms with Gasteiger partial charge in [-0.15, -0.1) is 0 Å². The van der Waals surface area contributed by atoms with E-state index in [1.807, 2.05) is 18.9 Å². The van der Waals surface area contributed by atoms with Crippen molar-refractivity contribution in [3.8, 4) is 0 Å². The van der Waals surface area contributed by atoms with Crippen LogP contribution in [0.4, 0.5) is 0 Å². The first kappa shape index (κ1) is 12.5. The third kappa shape index (κ3) is 3.47. The third-order valence-electron chi connectivity index (χ3n) is 3.16. The number of rotatable bonds is 4. The molecule has 0 spiro atoms. The van der Waals surface area contributed by atoms with Gasteiger partial charge < -0.3 is 15.4 Å². The Kier molecular flexibility index (Phi) is 5.05. The second-order valence-corrected chi connectivity index (χ2v) is 4.26. The highest BCUT2D eigenvalue weighted by Crippen LogP contribution is 2.18. The minimum absolute atomic E-state index is 0.156. The van der Waals surface area contributed by atoms with E-state index in [9.17, 15) is 4.79 Å². The molecule has 1 atom stereocenters. The van der Waals surface area contributed by atoms with E-state index in [2.05, 4.69) is 0 Å². The van der Waals surface area contributed by atoms with Gasteiger partial charge in [0.2, 0.25) is 5.91 Å². The van der Waals surface area contributed by atoms with Gasteiger partial charge in [-0.3, -0.25) is 4.79 Å². The fourth-order valence-electron chi connectivity index (χ4n) is 1.88. The molecule has 1 heterocycles. The molecule has 2 N–H and O–H groups in total. The molecule has 0 aromatic heterocycles. The number of nitrogens with zero attached hydrogens (tertiary/aromatic N) is 1. The summed E-state index contributed by atoms with van der Waals surface area (Å²) in [6.45, 7) is 4.11. The standard InChI is InChI=1S/C11H22N2O2/c1-9(3-6-12)13(2)11(14)10-4-7-15-8-5-10/h9-10H,3-8,12H2,1-2H3. The summed E-state index contributed by atoms with van der Waals surface area (Å²) in [5.74, 6) is 0.406. The van der Waals surface area contributed by atoms with Crippen molar-refractivity contribution >= 4 is 5.91 Å². The molecule has 0 bridgehead atoms. The topological polar surface area (TPSA) is 55.6 Å². The van der Waals surface area contributed by atoms with E-state index in [0.717, 1.165) is 32.5 Å². The van der Waals surface area contributed by atoms with Gasteiger partial charge in [-0.25, -0.2) is 0 Å². The Morgan fingerprint density at radius 1 is 1.53 bits per heavy atom. The molecule has 0 aliphatic carbocycles. The van der Waals surface area contributed by atoms with Gasteiger partial charge in [-0.1, -0.05) is 0 Å². The van der Waals surface area contributed by atoms with Crippen molar-refractivity contribution in [2.75, 3.05) is 26.8 Å². The fraction of sp³-hybridized carbons (Fsp3) is 0.909. The fourth-order valence-corrected chi connectivity index (χ4v) is 1.88. The summed E-state index contributed by atoms with van der Waals surface area (Å²) in [4.78, 5) is 13.9. The van der Waals surface area contributed by atoms with Crippen molar-refractivity contribution < 1.29 is 9.53 Å². The van der Waals surface area contributed by atoms with Crippen molar-refractivity contribution in [3.63, 3.8) is 0 Å². The zero-order chi connectivity index (χ0) is 11.3. The first-order chi connectivity index (χ1) is 7.16. The van der Waals surface area contributed by atoms with Gasteiger partial charge in [0, 0.05) is 32.2 Å². The lowest BCUT2D eigenvalue weighted by atomic mass is 9.98. The Bertz CT molecular complexity index is 203. The zero-order valence-electron chi connectivity index (χ0n) is 9.74. The molecule has 4 nitrogen and oxygen atoms in total. The van der Waals surface area contributed by atoms with E-state index >= 15 is 0 Å². The van der Waals surface area contributed by atoms with Gasteiger partial charge in [0.25, 0.3) is 0 Å². The summed E-state index contributed by atoms with van der Waals surface area (Å²) in [6, 6.07) is 0.241. The van der Waals surface area contributed by atoms with Crippen molar-refractivity contribution in [1.29, 1.82) is 0 Å². The molecule has 0 saturated carbocycles. The molecule has 1 fully saturated rings. The molecule has 1 aliphatic heterocycles. The molecule has 0 aromatic carbocycles. The van der Waals surface area contributed by atoms with E-state index in [-0.39, 0.29) is 17.9 Å². The molecular formula is C11H22N2O2. The van der Waals surface area contributed by atoms with Gasteiger partial charge in [-0.2, -0.15) is 0 Å². The molecular weight excluding hydrogens is 192 g/mol. The van der Waals surface area contributed by atoms with Crippen LogP contribution in [0.15, 0.2) is 0 Å². The Hall–Kier alpha value is -0.610. The summed E-state index contributed by atoms with van der Waals surface area (Å²) in [7, 11) is 1.87. The van der Waals surface area contributed by atoms with E-state index < -0.39 is 0 Å². The maximum absolute atomic E-state index is 12.0. The summed E-state index contributed by atoms with van der Waals surface area (Å²) < 4.78 is 5.25. The largest absolute Gasteiger partial charge is 0.381 e. The number of amides is 1. The Balaban J connectivity index is 2.43. The molecule has 0 aromatic rings. The molecule has 88 valence electrons. The predicted octanol–water partition coefficient (Wildman–Crippen LogP) is 0.609. The van der Waals surface area contributed by atoms with Crippen molar-refractivity contribution in [3.05, 3.63) is 0 Å². The first-order valence-corrected chi connectivity index (χ1v) is 5.71. The maximum atomic E-state index is 12.0. The highest BCUT2D eigenvalue weighted by molar-refractivity contribution is 5.78. The van der Waals surface area contributed by atoms with Crippen LogP contribution in [0, 0.1) is 5.92 Å². The van der Waals surface area contributed by atoms with Crippen LogP contribution in [0.2, 0.25) is 0 Å². The number of nitrogens with two attached hydrogens (primary N) is 1. The molecule has 4 heteroatoms. The lowest BCUT2D eigenvalue weighted by Crippen LogP contribution is -2.41. The lowest BCUT2D eigenvalue weighted by molar-refractivity contribution is -0.139. The number of hydrogen-bond donors (Lipinski definition) is 1. The van der Waals surface area contributed by atoms with E-state index in [1.165, 1.54) is 0 Å². The van der Waals surface area contributed by atoms with Gasteiger partial charge in [0.1, 0.15) is 0 Å². The monoisotopic (exact) mass is 214 g/mol. The van der Waals surface area contributed by atoms with Crippen molar-refractivity contribution in [2.24, 2.45) is 11.7 Å². The van der Waals surface area contributed by atoms with Crippen LogP contribution in [0.25, 0.3) is 0 Å². The first-order valence-electron chi connectivity index (χ1n) is 5.71. The molecule has 1 rings (SSSR count). The van der Waals surface area contributed by atoms with Gasteiger partial charge in [0.05, 0.1) is 0 Å². The van der Waals surface area contributed by atoms with Crippen LogP contribution in [0.5, 0.6) is 0 Å². The van der Waals surface area contributed by atoms with Crippen LogP contribution in [0.1, 0.15) is 26.2 Å². The number of carbonyl (C=O) groups excluding carboxylic acids is 1. The highest BCUT2D eigenvalue weighted by atomic mass is 16.5. The van der Waals surface area contributed by atoms with Crippen LogP contribution in [-0.4, -0.2) is 43.7 Å². The number of carbonyl (C=O) groups is 1. The molecule has 15 heavy (non-hydrogen) atoms. The van der Waals surface area contributed by atoms with Crippen molar-refractivity contribution in [2.45, 2.75) is 32.2 Å². The maximum Gasteiger partial charge on any atom is 0.225 e. The summed E-state index contributed by atoms with van der Waals surface area (Å²) in [5.41, 5.74) is 5.49. The van der Waals surface area contributed by atoms with Crippen LogP contribution in [-0.2, 0) is 9.53 Å². The normalized spacial score (nSPS) is 19.9. The molecule has 1 saturated heterocycles. The van der Waals surface area contributed by atoms with Crippen molar-refractivity contribution in [1.82, 2.24) is 4.90 Å². The highest BCUT2D eigenvalue weighted by Gasteiger charge is 2.26. The SMILES string of the molecule is CC(CCN)N(C)C(=O)C1CCOCC1. The summed E-state index contributed by atoms with van der Waals surface area (Å²) in [5, 5.41) is 0. The second-order valence-electron chi connectivity index (χ2n) is 4.26. The Labute approximate surface area is 91.8 Å². The van der Waals surface area contributed by atoms with Gasteiger partial charge in [0.15, 0.2) is 0 Å². The average molecular weight is 214 g/mol. The van der Waals surface area contributed by atoms with E-state index in [4.69, 9.17) is 10.5 Å². The number of hydrogen-bond acceptors (Lipinski definition) is 3. The zero-order valence-corrected chi connectivity index (χ0v) is 9.74. The van der Waals surface area contributed by atoms with E-state index in [0.29, 0.717) is 6.54 Å². The average Bonchev–Trinajstić information content (AvgIpc) is 2.28.